The summed E-state index contributed by atoms with van der Waals surface area (Å²) in [5.41, 5.74) is 0.900. The van der Waals surface area contributed by atoms with E-state index >= 15 is 0 Å². The highest BCUT2D eigenvalue weighted by molar-refractivity contribution is 5.76. The molecule has 0 aliphatic carbocycles. The average molecular weight is 247 g/mol. The molecule has 1 heterocycles. The fraction of sp³-hybridized carbons (Fsp3) is 0.533. The molecule has 0 aromatic heterocycles. The van der Waals surface area contributed by atoms with Crippen LogP contribution in [0, 0.1) is 5.92 Å². The zero-order chi connectivity index (χ0) is 13.1. The van der Waals surface area contributed by atoms with Crippen LogP contribution in [-0.2, 0) is 4.79 Å². The summed E-state index contributed by atoms with van der Waals surface area (Å²) >= 11 is 0. The molecule has 0 radical (unpaired) electrons. The van der Waals surface area contributed by atoms with Gasteiger partial charge in [0, 0.05) is 19.1 Å². The first-order valence-electron chi connectivity index (χ1n) is 6.59. The van der Waals surface area contributed by atoms with Gasteiger partial charge in [0.1, 0.15) is 0 Å². The fourth-order valence-corrected chi connectivity index (χ4v) is 2.89. The van der Waals surface area contributed by atoms with Crippen LogP contribution in [0.4, 0.5) is 0 Å². The number of nitrogens with zero attached hydrogens (tertiary/aromatic N) is 1. The van der Waals surface area contributed by atoms with Crippen molar-refractivity contribution in [2.45, 2.75) is 32.2 Å². The lowest BCUT2D eigenvalue weighted by molar-refractivity contribution is -0.139. The van der Waals surface area contributed by atoms with Crippen molar-refractivity contribution >= 4 is 5.97 Å². The van der Waals surface area contributed by atoms with E-state index < -0.39 is 11.9 Å². The van der Waals surface area contributed by atoms with Gasteiger partial charge in [-0.3, -0.25) is 9.69 Å². The second-order valence-electron chi connectivity index (χ2n) is 5.45. The van der Waals surface area contributed by atoms with Crippen molar-refractivity contribution in [1.29, 1.82) is 0 Å². The molecular formula is C15H21NO2. The van der Waals surface area contributed by atoms with Gasteiger partial charge in [-0.05, 0) is 24.8 Å². The van der Waals surface area contributed by atoms with E-state index in [1.54, 1.807) is 0 Å². The molecule has 1 aromatic rings. The Morgan fingerprint density at radius 1 is 1.39 bits per heavy atom. The van der Waals surface area contributed by atoms with Crippen molar-refractivity contribution in [3.8, 4) is 0 Å². The molecule has 1 aliphatic heterocycles. The summed E-state index contributed by atoms with van der Waals surface area (Å²) in [5.74, 6) is -0.475. The third-order valence-electron chi connectivity index (χ3n) is 3.83. The smallest absolute Gasteiger partial charge is 0.312 e. The van der Waals surface area contributed by atoms with Crippen LogP contribution in [-0.4, -0.2) is 35.1 Å². The van der Waals surface area contributed by atoms with Gasteiger partial charge in [0.15, 0.2) is 0 Å². The van der Waals surface area contributed by atoms with E-state index in [0.29, 0.717) is 18.5 Å². The van der Waals surface area contributed by atoms with E-state index in [9.17, 15) is 9.90 Å². The molecule has 1 aromatic carbocycles. The Labute approximate surface area is 108 Å². The molecule has 3 atom stereocenters. The Balaban J connectivity index is 2.10. The first-order valence-corrected chi connectivity index (χ1v) is 6.59. The van der Waals surface area contributed by atoms with Gasteiger partial charge in [-0.15, -0.1) is 0 Å². The van der Waals surface area contributed by atoms with Gasteiger partial charge >= 0.3 is 5.97 Å². The maximum Gasteiger partial charge on any atom is 0.312 e. The molecule has 18 heavy (non-hydrogen) atoms. The van der Waals surface area contributed by atoms with Crippen LogP contribution in [0.15, 0.2) is 30.3 Å². The molecule has 1 saturated heterocycles. The average Bonchev–Trinajstić information content (AvgIpc) is 2.65. The molecule has 3 heteroatoms. The first-order chi connectivity index (χ1) is 8.58. The molecule has 2 rings (SSSR count). The highest BCUT2D eigenvalue weighted by Gasteiger charge is 2.30. The number of hydrogen-bond acceptors (Lipinski definition) is 2. The molecule has 1 N–H and O–H groups in total. The minimum atomic E-state index is -0.729. The number of rotatable bonds is 4. The van der Waals surface area contributed by atoms with Crippen LogP contribution in [0.3, 0.4) is 0 Å². The lowest BCUT2D eigenvalue weighted by Gasteiger charge is -2.25. The molecule has 0 spiro atoms. The molecule has 0 amide bonds. The maximum absolute atomic E-state index is 11.4. The Morgan fingerprint density at radius 2 is 2.06 bits per heavy atom. The Bertz CT molecular complexity index is 404. The molecule has 3 unspecified atom stereocenters. The summed E-state index contributed by atoms with van der Waals surface area (Å²) in [6.45, 7) is 6.05. The number of benzene rings is 1. The highest BCUT2D eigenvalue weighted by Crippen LogP contribution is 2.26. The summed E-state index contributed by atoms with van der Waals surface area (Å²) < 4.78 is 0. The predicted molar refractivity (Wildman–Crippen MR) is 71.6 cm³/mol. The van der Waals surface area contributed by atoms with Crippen LogP contribution < -0.4 is 0 Å². The number of likely N-dealkylation sites (tertiary alicyclic amines) is 1. The van der Waals surface area contributed by atoms with Crippen LogP contribution in [0.2, 0.25) is 0 Å². The highest BCUT2D eigenvalue weighted by atomic mass is 16.4. The van der Waals surface area contributed by atoms with Gasteiger partial charge in [-0.2, -0.15) is 0 Å². The van der Waals surface area contributed by atoms with Crippen molar-refractivity contribution in [3.63, 3.8) is 0 Å². The van der Waals surface area contributed by atoms with Gasteiger partial charge in [0.05, 0.1) is 5.92 Å². The lowest BCUT2D eigenvalue weighted by atomic mass is 9.98. The summed E-state index contributed by atoms with van der Waals surface area (Å²) in [6.07, 6.45) is 1.17. The minimum absolute atomic E-state index is 0.418. The molecule has 0 bridgehead atoms. The summed E-state index contributed by atoms with van der Waals surface area (Å²) in [4.78, 5) is 13.8. The van der Waals surface area contributed by atoms with Crippen molar-refractivity contribution in [2.75, 3.05) is 13.1 Å². The second kappa shape index (κ2) is 5.53. The van der Waals surface area contributed by atoms with E-state index in [-0.39, 0.29) is 0 Å². The molecule has 1 aliphatic rings. The van der Waals surface area contributed by atoms with E-state index in [0.717, 1.165) is 12.1 Å². The third-order valence-corrected chi connectivity index (χ3v) is 3.83. The van der Waals surface area contributed by atoms with Gasteiger partial charge in [-0.1, -0.05) is 37.3 Å². The van der Waals surface area contributed by atoms with Crippen LogP contribution in [0.25, 0.3) is 0 Å². The van der Waals surface area contributed by atoms with Gasteiger partial charge in [0.25, 0.3) is 0 Å². The standard InChI is InChI=1S/C15H21NO2/c1-11-8-12(2)16(9-11)10-14(15(17)18)13-6-4-3-5-7-13/h3-7,11-12,14H,8-10H2,1-2H3,(H,17,18). The van der Waals surface area contributed by atoms with Crippen LogP contribution >= 0.6 is 0 Å². The zero-order valence-corrected chi connectivity index (χ0v) is 11.0. The van der Waals surface area contributed by atoms with Crippen molar-refractivity contribution in [1.82, 2.24) is 4.90 Å². The zero-order valence-electron chi connectivity index (χ0n) is 11.0. The van der Waals surface area contributed by atoms with Crippen molar-refractivity contribution in [3.05, 3.63) is 35.9 Å². The monoisotopic (exact) mass is 247 g/mol. The summed E-state index contributed by atoms with van der Waals surface area (Å²) in [5, 5.41) is 9.41. The topological polar surface area (TPSA) is 40.5 Å². The maximum atomic E-state index is 11.4. The number of carboxylic acid groups (broad SMARTS) is 1. The van der Waals surface area contributed by atoms with Gasteiger partial charge in [0.2, 0.25) is 0 Å². The molecule has 3 nitrogen and oxygen atoms in total. The molecule has 0 saturated carbocycles. The normalized spacial score (nSPS) is 26.1. The lowest BCUT2D eigenvalue weighted by Crippen LogP contribution is -2.34. The number of hydrogen-bond donors (Lipinski definition) is 1. The van der Waals surface area contributed by atoms with E-state index in [2.05, 4.69) is 18.7 Å². The van der Waals surface area contributed by atoms with E-state index in [1.165, 1.54) is 6.42 Å². The quantitative estimate of drug-likeness (QED) is 0.889. The van der Waals surface area contributed by atoms with E-state index in [1.807, 2.05) is 30.3 Å². The van der Waals surface area contributed by atoms with E-state index in [4.69, 9.17) is 0 Å². The minimum Gasteiger partial charge on any atom is -0.481 e. The predicted octanol–water partition coefficient (Wildman–Crippen LogP) is 2.59. The fourth-order valence-electron chi connectivity index (χ4n) is 2.89. The molecular weight excluding hydrogens is 226 g/mol. The number of carbonyl (C=O) groups is 1. The molecule has 98 valence electrons. The Hall–Kier alpha value is -1.35. The summed E-state index contributed by atoms with van der Waals surface area (Å²) in [7, 11) is 0. The first kappa shape index (κ1) is 13.1. The third kappa shape index (κ3) is 2.91. The number of aliphatic carboxylic acids is 1. The van der Waals surface area contributed by atoms with Crippen LogP contribution in [0.5, 0.6) is 0 Å². The van der Waals surface area contributed by atoms with Crippen molar-refractivity contribution in [2.24, 2.45) is 5.92 Å². The SMILES string of the molecule is CC1CC(C)N(CC(C(=O)O)c2ccccc2)C1. The largest absolute Gasteiger partial charge is 0.481 e. The second-order valence-corrected chi connectivity index (χ2v) is 5.45. The summed E-state index contributed by atoms with van der Waals surface area (Å²) in [6, 6.07) is 10.0. The van der Waals surface area contributed by atoms with Crippen LogP contribution in [0.1, 0.15) is 31.7 Å². The van der Waals surface area contributed by atoms with Crippen molar-refractivity contribution < 1.29 is 9.90 Å². The Morgan fingerprint density at radius 3 is 2.56 bits per heavy atom. The Kier molecular flexibility index (Phi) is 4.02. The van der Waals surface area contributed by atoms with Gasteiger partial charge in [-0.25, -0.2) is 0 Å². The van der Waals surface area contributed by atoms with Gasteiger partial charge < -0.3 is 5.11 Å². The number of carboxylic acids is 1. The molecule has 1 fully saturated rings.